The van der Waals surface area contributed by atoms with E-state index in [0.29, 0.717) is 23.4 Å². The molecular formula is C27H26N2O5. The van der Waals surface area contributed by atoms with E-state index < -0.39 is 5.97 Å². The SMILES string of the molecule is COc1ccc(C(=O)N2c3ccccc3[C@H](N(C(C)=O)c3cccc(C(=O)O)c3)C[C@@H]2C)cc1. The minimum absolute atomic E-state index is 0.109. The van der Waals surface area contributed by atoms with Crippen molar-refractivity contribution >= 4 is 29.2 Å². The first kappa shape index (κ1) is 23.0. The lowest BCUT2D eigenvalue weighted by atomic mass is 9.89. The van der Waals surface area contributed by atoms with E-state index in [2.05, 4.69) is 0 Å². The maximum Gasteiger partial charge on any atom is 0.335 e. The first-order valence-corrected chi connectivity index (χ1v) is 11.0. The van der Waals surface area contributed by atoms with E-state index in [-0.39, 0.29) is 29.5 Å². The third kappa shape index (κ3) is 4.24. The van der Waals surface area contributed by atoms with Gasteiger partial charge < -0.3 is 19.6 Å². The summed E-state index contributed by atoms with van der Waals surface area (Å²) >= 11 is 0. The maximum absolute atomic E-state index is 13.5. The van der Waals surface area contributed by atoms with E-state index in [9.17, 15) is 19.5 Å². The van der Waals surface area contributed by atoms with Crippen LogP contribution in [0.4, 0.5) is 11.4 Å². The maximum atomic E-state index is 13.5. The van der Waals surface area contributed by atoms with Crippen LogP contribution in [0.3, 0.4) is 0 Å². The molecule has 0 aromatic heterocycles. The highest BCUT2D eigenvalue weighted by Gasteiger charge is 2.38. The fourth-order valence-electron chi connectivity index (χ4n) is 4.58. The van der Waals surface area contributed by atoms with Crippen LogP contribution in [-0.4, -0.2) is 36.0 Å². The van der Waals surface area contributed by atoms with E-state index in [0.717, 1.165) is 11.3 Å². The lowest BCUT2D eigenvalue weighted by Crippen LogP contribution is -2.47. The molecular weight excluding hydrogens is 432 g/mol. The van der Waals surface area contributed by atoms with Crippen LogP contribution < -0.4 is 14.5 Å². The zero-order valence-corrected chi connectivity index (χ0v) is 19.3. The second-order valence-corrected chi connectivity index (χ2v) is 8.31. The smallest absolute Gasteiger partial charge is 0.335 e. The van der Waals surface area contributed by atoms with Crippen molar-refractivity contribution in [2.45, 2.75) is 32.4 Å². The molecule has 7 heteroatoms. The average molecular weight is 459 g/mol. The number of fused-ring (bicyclic) bond motifs is 1. The Bertz CT molecular complexity index is 1240. The van der Waals surface area contributed by atoms with E-state index >= 15 is 0 Å². The highest BCUT2D eigenvalue weighted by atomic mass is 16.5. The normalized spacial score (nSPS) is 17.0. The number of rotatable bonds is 5. The van der Waals surface area contributed by atoms with Crippen LogP contribution in [0.5, 0.6) is 5.75 Å². The number of carboxylic acids is 1. The predicted molar refractivity (Wildman–Crippen MR) is 130 cm³/mol. The first-order valence-electron chi connectivity index (χ1n) is 11.0. The van der Waals surface area contributed by atoms with Gasteiger partial charge in [0, 0.05) is 29.9 Å². The van der Waals surface area contributed by atoms with Crippen molar-refractivity contribution in [1.82, 2.24) is 0 Å². The van der Waals surface area contributed by atoms with Crippen LogP contribution in [0.15, 0.2) is 72.8 Å². The average Bonchev–Trinajstić information content (AvgIpc) is 2.84. The van der Waals surface area contributed by atoms with Gasteiger partial charge in [0.1, 0.15) is 5.75 Å². The van der Waals surface area contributed by atoms with Gasteiger partial charge in [0.2, 0.25) is 5.91 Å². The Morgan fingerprint density at radius 2 is 1.68 bits per heavy atom. The number of aromatic carboxylic acids is 1. The second kappa shape index (κ2) is 9.39. The summed E-state index contributed by atoms with van der Waals surface area (Å²) in [5.41, 5.74) is 2.72. The quantitative estimate of drug-likeness (QED) is 0.586. The second-order valence-electron chi connectivity index (χ2n) is 8.31. The van der Waals surface area contributed by atoms with Gasteiger partial charge in [-0.1, -0.05) is 24.3 Å². The van der Waals surface area contributed by atoms with E-state index in [4.69, 9.17) is 4.74 Å². The number of methoxy groups -OCH3 is 1. The molecule has 3 aromatic rings. The highest BCUT2D eigenvalue weighted by molar-refractivity contribution is 6.07. The summed E-state index contributed by atoms with van der Waals surface area (Å²) in [7, 11) is 1.58. The van der Waals surface area contributed by atoms with Crippen LogP contribution in [0.25, 0.3) is 0 Å². The van der Waals surface area contributed by atoms with Crippen LogP contribution >= 0.6 is 0 Å². The molecule has 4 rings (SSSR count). The number of benzene rings is 3. The Kier molecular flexibility index (Phi) is 6.36. The van der Waals surface area contributed by atoms with Crippen molar-refractivity contribution in [1.29, 1.82) is 0 Å². The van der Waals surface area contributed by atoms with Gasteiger partial charge >= 0.3 is 5.97 Å². The molecule has 2 amide bonds. The lowest BCUT2D eigenvalue weighted by Gasteiger charge is -2.43. The topological polar surface area (TPSA) is 87.2 Å². The molecule has 174 valence electrons. The Morgan fingerprint density at radius 3 is 2.32 bits per heavy atom. The number of ether oxygens (including phenoxy) is 1. The number of anilines is 2. The summed E-state index contributed by atoms with van der Waals surface area (Å²) < 4.78 is 5.20. The minimum Gasteiger partial charge on any atom is -0.497 e. The Balaban J connectivity index is 1.76. The molecule has 0 spiro atoms. The molecule has 1 N–H and O–H groups in total. The van der Waals surface area contributed by atoms with E-state index in [1.807, 2.05) is 31.2 Å². The van der Waals surface area contributed by atoms with Gasteiger partial charge in [0.25, 0.3) is 5.91 Å². The standard InChI is InChI=1S/C27H26N2O5/c1-17-15-25(29(18(2)30)21-8-6-7-20(16-21)27(32)33)23-9-4-5-10-24(23)28(17)26(31)19-11-13-22(34-3)14-12-19/h4-14,16-17,25H,15H2,1-3H3,(H,32,33)/t17-,25+/m0/s1. The number of carbonyl (C=O) groups is 3. The minimum atomic E-state index is -1.06. The molecule has 0 unspecified atom stereocenters. The van der Waals surface area contributed by atoms with Crippen molar-refractivity contribution in [2.75, 3.05) is 16.9 Å². The molecule has 1 aliphatic heterocycles. The fraction of sp³-hybridized carbons (Fsp3) is 0.222. The molecule has 2 atom stereocenters. The molecule has 7 nitrogen and oxygen atoms in total. The largest absolute Gasteiger partial charge is 0.497 e. The molecule has 1 aliphatic rings. The van der Waals surface area contributed by atoms with Crippen LogP contribution in [0.2, 0.25) is 0 Å². The molecule has 0 radical (unpaired) electrons. The summed E-state index contributed by atoms with van der Waals surface area (Å²) in [6.07, 6.45) is 0.496. The zero-order valence-electron chi connectivity index (χ0n) is 19.3. The molecule has 34 heavy (non-hydrogen) atoms. The summed E-state index contributed by atoms with van der Waals surface area (Å²) in [6, 6.07) is 20.3. The number of carboxylic acid groups (broad SMARTS) is 1. The van der Waals surface area contributed by atoms with Gasteiger partial charge in [0.05, 0.1) is 18.7 Å². The van der Waals surface area contributed by atoms with E-state index in [1.165, 1.54) is 19.1 Å². The van der Waals surface area contributed by atoms with Gasteiger partial charge in [0.15, 0.2) is 0 Å². The van der Waals surface area contributed by atoms with Crippen molar-refractivity contribution in [2.24, 2.45) is 0 Å². The summed E-state index contributed by atoms with van der Waals surface area (Å²) in [4.78, 5) is 41.2. The Labute approximate surface area is 198 Å². The van der Waals surface area contributed by atoms with Crippen LogP contribution in [0, 0.1) is 0 Å². The molecule has 0 saturated carbocycles. The van der Waals surface area contributed by atoms with Crippen molar-refractivity contribution in [3.05, 3.63) is 89.5 Å². The lowest BCUT2D eigenvalue weighted by molar-refractivity contribution is -0.117. The van der Waals surface area contributed by atoms with Crippen molar-refractivity contribution in [3.8, 4) is 5.75 Å². The Morgan fingerprint density at radius 1 is 0.971 bits per heavy atom. The monoisotopic (exact) mass is 458 g/mol. The third-order valence-electron chi connectivity index (χ3n) is 6.14. The van der Waals surface area contributed by atoms with E-state index in [1.54, 1.807) is 53.3 Å². The summed E-state index contributed by atoms with van der Waals surface area (Å²) in [5.74, 6) is -0.726. The number of nitrogens with zero attached hydrogens (tertiary/aromatic N) is 2. The van der Waals surface area contributed by atoms with Crippen molar-refractivity contribution < 1.29 is 24.2 Å². The molecule has 0 saturated heterocycles. The molecule has 3 aromatic carbocycles. The van der Waals surface area contributed by atoms with Gasteiger partial charge in [-0.25, -0.2) is 4.79 Å². The first-order chi connectivity index (χ1) is 16.3. The Hall–Kier alpha value is -4.13. The molecule has 1 heterocycles. The van der Waals surface area contributed by atoms with Gasteiger partial charge in [-0.3, -0.25) is 9.59 Å². The molecule has 0 fully saturated rings. The summed E-state index contributed by atoms with van der Waals surface area (Å²) in [6.45, 7) is 3.42. The molecule has 0 aliphatic carbocycles. The number of para-hydroxylation sites is 1. The number of hydrogen-bond donors (Lipinski definition) is 1. The number of amides is 2. The molecule has 0 bridgehead atoms. The van der Waals surface area contributed by atoms with Gasteiger partial charge in [-0.05, 0) is 67.4 Å². The highest BCUT2D eigenvalue weighted by Crippen LogP contribution is 2.42. The van der Waals surface area contributed by atoms with Crippen LogP contribution in [-0.2, 0) is 4.79 Å². The third-order valence-corrected chi connectivity index (χ3v) is 6.14. The van der Waals surface area contributed by atoms with Gasteiger partial charge in [-0.15, -0.1) is 0 Å². The van der Waals surface area contributed by atoms with Gasteiger partial charge in [-0.2, -0.15) is 0 Å². The summed E-state index contributed by atoms with van der Waals surface area (Å²) in [5, 5.41) is 9.42. The number of hydrogen-bond acceptors (Lipinski definition) is 4. The van der Waals surface area contributed by atoms with Crippen LogP contribution in [0.1, 0.15) is 52.6 Å². The number of carbonyl (C=O) groups excluding carboxylic acids is 2. The predicted octanol–water partition coefficient (Wildman–Crippen LogP) is 4.93. The fourth-order valence-corrected chi connectivity index (χ4v) is 4.58. The zero-order chi connectivity index (χ0) is 24.4. The van der Waals surface area contributed by atoms with Crippen molar-refractivity contribution in [3.63, 3.8) is 0 Å².